The average Bonchev–Trinajstić information content (AvgIpc) is 2.18. The van der Waals surface area contributed by atoms with Gasteiger partial charge in [0.15, 0.2) is 0 Å². The molecule has 2 N–H and O–H groups in total. The molecule has 1 aromatic heterocycles. The fourth-order valence-electron chi connectivity index (χ4n) is 1.77. The maximum Gasteiger partial charge on any atom is 0.141 e. The van der Waals surface area contributed by atoms with Crippen LogP contribution in [0.2, 0.25) is 0 Å². The summed E-state index contributed by atoms with van der Waals surface area (Å²) in [6.45, 7) is 3.10. The number of nitriles is 1. The van der Waals surface area contributed by atoms with Crippen molar-refractivity contribution in [2.24, 2.45) is 0 Å². The molecule has 0 atom stereocenters. The summed E-state index contributed by atoms with van der Waals surface area (Å²) < 4.78 is 5.33. The van der Waals surface area contributed by atoms with Gasteiger partial charge in [0.25, 0.3) is 0 Å². The Morgan fingerprint density at radius 3 is 3.00 bits per heavy atom. The molecule has 2 rings (SSSR count). The number of aromatic nitrogens is 1. The number of pyridine rings is 1. The number of hydrogen-bond acceptors (Lipinski definition) is 4. The molecular formula is C10H11N3O. The van der Waals surface area contributed by atoms with E-state index < -0.39 is 0 Å². The molecule has 0 spiro atoms. The summed E-state index contributed by atoms with van der Waals surface area (Å²) >= 11 is 0. The van der Waals surface area contributed by atoms with Crippen molar-refractivity contribution in [1.29, 1.82) is 5.26 Å². The van der Waals surface area contributed by atoms with Crippen LogP contribution in [0.5, 0.6) is 0 Å². The summed E-state index contributed by atoms with van der Waals surface area (Å²) in [5.41, 5.74) is 9.12. The van der Waals surface area contributed by atoms with Crippen LogP contribution < -0.4 is 5.73 Å². The molecule has 0 bridgehead atoms. The van der Waals surface area contributed by atoms with Gasteiger partial charge in [-0.1, -0.05) is 0 Å². The molecule has 0 fully saturated rings. The monoisotopic (exact) mass is 189 g/mol. The van der Waals surface area contributed by atoms with Crippen LogP contribution in [0.1, 0.15) is 22.4 Å². The summed E-state index contributed by atoms with van der Waals surface area (Å²) in [7, 11) is 0. The average molecular weight is 189 g/mol. The lowest BCUT2D eigenvalue weighted by molar-refractivity contribution is 0.110. The number of rotatable bonds is 0. The minimum absolute atomic E-state index is 0.339. The van der Waals surface area contributed by atoms with Gasteiger partial charge in [0, 0.05) is 11.3 Å². The first-order valence-corrected chi connectivity index (χ1v) is 4.49. The van der Waals surface area contributed by atoms with Crippen molar-refractivity contribution in [2.75, 3.05) is 12.3 Å². The largest absolute Gasteiger partial charge is 0.383 e. The molecule has 0 saturated heterocycles. The summed E-state index contributed by atoms with van der Waals surface area (Å²) in [5.74, 6) is 0.339. The molecule has 0 saturated carbocycles. The van der Waals surface area contributed by atoms with Crippen LogP contribution in [0.25, 0.3) is 0 Å². The van der Waals surface area contributed by atoms with E-state index in [4.69, 9.17) is 15.7 Å². The van der Waals surface area contributed by atoms with E-state index in [2.05, 4.69) is 11.1 Å². The molecule has 4 nitrogen and oxygen atoms in total. The third-order valence-corrected chi connectivity index (χ3v) is 2.50. The van der Waals surface area contributed by atoms with Crippen LogP contribution in [0, 0.1) is 18.3 Å². The predicted octanol–water partition coefficient (Wildman–Crippen LogP) is 0.917. The second-order valence-electron chi connectivity index (χ2n) is 3.33. The lowest BCUT2D eigenvalue weighted by Crippen LogP contribution is -2.16. The van der Waals surface area contributed by atoms with Crippen molar-refractivity contribution < 1.29 is 4.74 Å². The van der Waals surface area contributed by atoms with E-state index in [0.717, 1.165) is 23.2 Å². The topological polar surface area (TPSA) is 71.9 Å². The Morgan fingerprint density at radius 2 is 2.29 bits per heavy atom. The van der Waals surface area contributed by atoms with Gasteiger partial charge in [-0.3, -0.25) is 0 Å². The zero-order valence-electron chi connectivity index (χ0n) is 8.00. The molecule has 0 amide bonds. The van der Waals surface area contributed by atoms with E-state index in [9.17, 15) is 0 Å². The van der Waals surface area contributed by atoms with Crippen LogP contribution in [-0.4, -0.2) is 11.6 Å². The highest BCUT2D eigenvalue weighted by molar-refractivity contribution is 5.57. The Kier molecular flexibility index (Phi) is 2.10. The lowest BCUT2D eigenvalue weighted by Gasteiger charge is -2.19. The molecule has 1 aliphatic rings. The van der Waals surface area contributed by atoms with Crippen molar-refractivity contribution >= 4 is 5.82 Å². The maximum absolute atomic E-state index is 8.95. The third-order valence-electron chi connectivity index (χ3n) is 2.50. The normalized spacial score (nSPS) is 14.6. The van der Waals surface area contributed by atoms with E-state index in [1.54, 1.807) is 0 Å². The number of nitrogens with two attached hydrogens (primary N) is 1. The van der Waals surface area contributed by atoms with Gasteiger partial charge in [0.2, 0.25) is 0 Å². The molecule has 0 aliphatic carbocycles. The highest BCUT2D eigenvalue weighted by Crippen LogP contribution is 2.25. The van der Waals surface area contributed by atoms with Crippen molar-refractivity contribution in [3.05, 3.63) is 22.4 Å². The predicted molar refractivity (Wildman–Crippen MR) is 51.5 cm³/mol. The Bertz CT molecular complexity index is 420. The van der Waals surface area contributed by atoms with E-state index in [-0.39, 0.29) is 0 Å². The fraction of sp³-hybridized carbons (Fsp3) is 0.400. The standard InChI is InChI=1S/C10H11N3O/c1-6-9-5-14-3-2-7(9)8(4-11)10(12)13-6/h2-3,5H2,1H3,(H2,12,13). The smallest absolute Gasteiger partial charge is 0.141 e. The van der Waals surface area contributed by atoms with Crippen molar-refractivity contribution in [3.63, 3.8) is 0 Å². The number of anilines is 1. The minimum atomic E-state index is 0.339. The molecule has 0 unspecified atom stereocenters. The highest BCUT2D eigenvalue weighted by Gasteiger charge is 2.19. The van der Waals surface area contributed by atoms with Gasteiger partial charge in [-0.25, -0.2) is 4.98 Å². The second kappa shape index (κ2) is 3.28. The molecule has 72 valence electrons. The first kappa shape index (κ1) is 8.97. The Morgan fingerprint density at radius 1 is 1.50 bits per heavy atom. The van der Waals surface area contributed by atoms with Gasteiger partial charge in [0.1, 0.15) is 11.9 Å². The molecule has 0 aromatic carbocycles. The molecular weight excluding hydrogens is 178 g/mol. The van der Waals surface area contributed by atoms with Crippen LogP contribution in [0.4, 0.5) is 5.82 Å². The molecule has 14 heavy (non-hydrogen) atoms. The zero-order chi connectivity index (χ0) is 10.1. The van der Waals surface area contributed by atoms with Crippen LogP contribution in [0.3, 0.4) is 0 Å². The molecule has 0 radical (unpaired) electrons. The van der Waals surface area contributed by atoms with E-state index in [1.807, 2.05) is 6.92 Å². The van der Waals surface area contributed by atoms with E-state index >= 15 is 0 Å². The van der Waals surface area contributed by atoms with E-state index in [1.165, 1.54) is 0 Å². The van der Waals surface area contributed by atoms with Gasteiger partial charge >= 0.3 is 0 Å². The second-order valence-corrected chi connectivity index (χ2v) is 3.33. The first-order chi connectivity index (χ1) is 6.74. The van der Waals surface area contributed by atoms with Crippen molar-refractivity contribution in [2.45, 2.75) is 20.0 Å². The number of hydrogen-bond donors (Lipinski definition) is 1. The van der Waals surface area contributed by atoms with Crippen LogP contribution >= 0.6 is 0 Å². The summed E-state index contributed by atoms with van der Waals surface area (Å²) in [4.78, 5) is 4.13. The number of nitrogen functional groups attached to an aromatic ring is 1. The van der Waals surface area contributed by atoms with Crippen LogP contribution in [0.15, 0.2) is 0 Å². The maximum atomic E-state index is 8.95. The fourth-order valence-corrected chi connectivity index (χ4v) is 1.77. The summed E-state index contributed by atoms with van der Waals surface area (Å²) in [6.07, 6.45) is 0.756. The molecule has 1 aliphatic heterocycles. The van der Waals surface area contributed by atoms with Crippen LogP contribution in [-0.2, 0) is 17.8 Å². The van der Waals surface area contributed by atoms with Gasteiger partial charge in [-0.2, -0.15) is 5.26 Å². The van der Waals surface area contributed by atoms with Gasteiger partial charge < -0.3 is 10.5 Å². The lowest BCUT2D eigenvalue weighted by atomic mass is 9.97. The highest BCUT2D eigenvalue weighted by atomic mass is 16.5. The Balaban J connectivity index is 2.69. The number of fused-ring (bicyclic) bond motifs is 1. The molecule has 4 heteroatoms. The van der Waals surface area contributed by atoms with Gasteiger partial charge in [-0.15, -0.1) is 0 Å². The van der Waals surface area contributed by atoms with Crippen molar-refractivity contribution in [3.8, 4) is 6.07 Å². The number of ether oxygens (including phenoxy) is 1. The minimum Gasteiger partial charge on any atom is -0.383 e. The Hall–Kier alpha value is -1.60. The Labute approximate surface area is 82.3 Å². The first-order valence-electron chi connectivity index (χ1n) is 4.49. The quantitative estimate of drug-likeness (QED) is 0.658. The molecule has 2 heterocycles. The van der Waals surface area contributed by atoms with Gasteiger partial charge in [-0.05, 0) is 18.9 Å². The van der Waals surface area contributed by atoms with Gasteiger partial charge in [0.05, 0.1) is 18.8 Å². The van der Waals surface area contributed by atoms with Crippen molar-refractivity contribution in [1.82, 2.24) is 4.98 Å². The summed E-state index contributed by atoms with van der Waals surface area (Å²) in [6, 6.07) is 2.11. The zero-order valence-corrected chi connectivity index (χ0v) is 8.00. The third kappa shape index (κ3) is 1.22. The summed E-state index contributed by atoms with van der Waals surface area (Å²) in [5, 5.41) is 8.95. The SMILES string of the molecule is Cc1nc(N)c(C#N)c2c1COCC2. The van der Waals surface area contributed by atoms with E-state index in [0.29, 0.717) is 24.6 Å². The molecule has 1 aromatic rings. The number of aryl methyl sites for hydroxylation is 1. The number of nitrogens with zero attached hydrogens (tertiary/aromatic N) is 2.